The van der Waals surface area contributed by atoms with Gasteiger partial charge in [-0.25, -0.2) is 0 Å². The Morgan fingerprint density at radius 1 is 1.24 bits per heavy atom. The zero-order chi connectivity index (χ0) is 15.3. The number of carboxylic acid groups (broad SMARTS) is 1. The summed E-state index contributed by atoms with van der Waals surface area (Å²) in [6.45, 7) is 0.380. The number of carbonyl (C=O) groups is 2. The molecule has 1 aliphatic rings. The molecule has 0 heterocycles. The smallest absolute Gasteiger partial charge is 0.310 e. The molecule has 1 fully saturated rings. The number of esters is 1. The normalized spacial score (nSPS) is 25.3. The van der Waals surface area contributed by atoms with E-state index >= 15 is 0 Å². The summed E-state index contributed by atoms with van der Waals surface area (Å²) in [4.78, 5) is 23.3. The lowest BCUT2D eigenvalue weighted by Crippen LogP contribution is -2.42. The fraction of sp³-hybridized carbons (Fsp3) is 0.500. The van der Waals surface area contributed by atoms with Crippen LogP contribution in [0.25, 0.3) is 0 Å². The maximum atomic E-state index is 12.0. The average Bonchev–Trinajstić information content (AvgIpc) is 2.53. The molecule has 0 aliphatic heterocycles. The number of nitrogens with two attached hydrogens (primary N) is 1. The average molecular weight is 291 g/mol. The van der Waals surface area contributed by atoms with E-state index in [9.17, 15) is 14.7 Å². The fourth-order valence-electron chi connectivity index (χ4n) is 2.76. The van der Waals surface area contributed by atoms with Crippen LogP contribution in [-0.2, 0) is 20.9 Å². The molecular formula is C16H21NO4. The Labute approximate surface area is 124 Å². The van der Waals surface area contributed by atoms with Crippen molar-refractivity contribution in [3.05, 3.63) is 35.9 Å². The largest absolute Gasteiger partial charge is 0.481 e. The van der Waals surface area contributed by atoms with Gasteiger partial charge in [-0.2, -0.15) is 0 Å². The molecule has 3 N–H and O–H groups in total. The lowest BCUT2D eigenvalue weighted by Gasteiger charge is -2.34. The second-order valence-electron chi connectivity index (χ2n) is 5.66. The fourth-order valence-corrected chi connectivity index (χ4v) is 2.76. The number of carbonyl (C=O) groups excluding carboxylic acids is 1. The molecule has 0 atom stereocenters. The number of rotatable bonds is 5. The lowest BCUT2D eigenvalue weighted by atomic mass is 9.70. The standard InChI is InChI=1S/C16H21NO4/c17-11-16(15(19)20)8-6-13(7-9-16)14(18)21-10-12-4-2-1-3-5-12/h1-5,13H,6-11,17H2,(H,19,20). The maximum Gasteiger partial charge on any atom is 0.310 e. The third-order valence-electron chi connectivity index (χ3n) is 4.34. The Hall–Kier alpha value is -1.88. The van der Waals surface area contributed by atoms with E-state index in [1.165, 1.54) is 0 Å². The van der Waals surface area contributed by atoms with Crippen LogP contribution in [-0.4, -0.2) is 23.6 Å². The molecular weight excluding hydrogens is 270 g/mol. The monoisotopic (exact) mass is 291 g/mol. The van der Waals surface area contributed by atoms with Gasteiger partial charge >= 0.3 is 11.9 Å². The van der Waals surface area contributed by atoms with Gasteiger partial charge in [-0.3, -0.25) is 9.59 Å². The van der Waals surface area contributed by atoms with Crippen LogP contribution in [0.2, 0.25) is 0 Å². The molecule has 2 rings (SSSR count). The third kappa shape index (κ3) is 3.61. The lowest BCUT2D eigenvalue weighted by molar-refractivity contribution is -0.158. The highest BCUT2D eigenvalue weighted by Crippen LogP contribution is 2.39. The number of aliphatic carboxylic acids is 1. The first-order valence-electron chi connectivity index (χ1n) is 7.21. The molecule has 21 heavy (non-hydrogen) atoms. The molecule has 0 bridgehead atoms. The summed E-state index contributed by atoms with van der Waals surface area (Å²) in [5.41, 5.74) is 5.68. The molecule has 1 aromatic rings. The Kier molecular flexibility index (Phi) is 4.96. The van der Waals surface area contributed by atoms with Gasteiger partial charge in [0.15, 0.2) is 0 Å². The third-order valence-corrected chi connectivity index (χ3v) is 4.34. The molecule has 5 nitrogen and oxygen atoms in total. The highest BCUT2D eigenvalue weighted by atomic mass is 16.5. The Balaban J connectivity index is 1.84. The Morgan fingerprint density at radius 3 is 2.38 bits per heavy atom. The summed E-state index contributed by atoms with van der Waals surface area (Å²) in [7, 11) is 0. The van der Waals surface area contributed by atoms with Gasteiger partial charge in [0.2, 0.25) is 0 Å². The van der Waals surface area contributed by atoms with E-state index in [-0.39, 0.29) is 25.0 Å². The van der Waals surface area contributed by atoms with Crippen molar-refractivity contribution in [2.75, 3.05) is 6.54 Å². The minimum Gasteiger partial charge on any atom is -0.481 e. The highest BCUT2D eigenvalue weighted by molar-refractivity contribution is 5.77. The number of ether oxygens (including phenoxy) is 1. The molecule has 0 amide bonds. The van der Waals surface area contributed by atoms with E-state index in [1.54, 1.807) is 0 Å². The van der Waals surface area contributed by atoms with Crippen molar-refractivity contribution < 1.29 is 19.4 Å². The molecule has 1 aromatic carbocycles. The molecule has 0 unspecified atom stereocenters. The van der Waals surface area contributed by atoms with Gasteiger partial charge in [-0.1, -0.05) is 30.3 Å². The molecule has 0 spiro atoms. The van der Waals surface area contributed by atoms with Gasteiger partial charge in [0.1, 0.15) is 6.61 Å². The molecule has 0 aromatic heterocycles. The van der Waals surface area contributed by atoms with Crippen LogP contribution in [0, 0.1) is 11.3 Å². The molecule has 5 heteroatoms. The Bertz CT molecular complexity index is 492. The predicted molar refractivity (Wildman–Crippen MR) is 77.3 cm³/mol. The van der Waals surface area contributed by atoms with Crippen LogP contribution in [0.5, 0.6) is 0 Å². The predicted octanol–water partition coefficient (Wildman–Crippen LogP) is 1.95. The second kappa shape index (κ2) is 6.72. The molecule has 114 valence electrons. The molecule has 1 aliphatic carbocycles. The summed E-state index contributed by atoms with van der Waals surface area (Å²) in [5.74, 6) is -1.32. The van der Waals surface area contributed by atoms with Gasteiger partial charge in [0.05, 0.1) is 11.3 Å². The van der Waals surface area contributed by atoms with E-state index in [4.69, 9.17) is 10.5 Å². The topological polar surface area (TPSA) is 89.6 Å². The molecule has 1 saturated carbocycles. The zero-order valence-corrected chi connectivity index (χ0v) is 12.0. The van der Waals surface area contributed by atoms with Gasteiger partial charge in [0.25, 0.3) is 0 Å². The van der Waals surface area contributed by atoms with Crippen molar-refractivity contribution >= 4 is 11.9 Å². The number of hydrogen-bond acceptors (Lipinski definition) is 4. The summed E-state index contributed by atoms with van der Waals surface area (Å²) in [5, 5.41) is 9.27. The first-order valence-corrected chi connectivity index (χ1v) is 7.21. The summed E-state index contributed by atoms with van der Waals surface area (Å²) < 4.78 is 5.31. The number of carboxylic acids is 1. The summed E-state index contributed by atoms with van der Waals surface area (Å²) in [6.07, 6.45) is 1.92. The van der Waals surface area contributed by atoms with Crippen LogP contribution in [0.15, 0.2) is 30.3 Å². The summed E-state index contributed by atoms with van der Waals surface area (Å²) >= 11 is 0. The van der Waals surface area contributed by atoms with Crippen molar-refractivity contribution in [2.24, 2.45) is 17.1 Å². The minimum atomic E-state index is -0.865. The van der Waals surface area contributed by atoms with Crippen molar-refractivity contribution in [2.45, 2.75) is 32.3 Å². The van der Waals surface area contributed by atoms with Crippen LogP contribution >= 0.6 is 0 Å². The van der Waals surface area contributed by atoms with E-state index in [0.29, 0.717) is 25.7 Å². The van der Waals surface area contributed by atoms with Crippen LogP contribution < -0.4 is 5.73 Å². The van der Waals surface area contributed by atoms with Gasteiger partial charge < -0.3 is 15.6 Å². The van der Waals surface area contributed by atoms with Gasteiger partial charge in [0, 0.05) is 6.54 Å². The van der Waals surface area contributed by atoms with Crippen LogP contribution in [0.4, 0.5) is 0 Å². The first kappa shape index (κ1) is 15.5. The maximum absolute atomic E-state index is 12.0. The van der Waals surface area contributed by atoms with Crippen LogP contribution in [0.1, 0.15) is 31.2 Å². The van der Waals surface area contributed by atoms with E-state index in [0.717, 1.165) is 5.56 Å². The Morgan fingerprint density at radius 2 is 1.86 bits per heavy atom. The van der Waals surface area contributed by atoms with E-state index in [2.05, 4.69) is 0 Å². The van der Waals surface area contributed by atoms with Gasteiger partial charge in [-0.05, 0) is 31.2 Å². The van der Waals surface area contributed by atoms with E-state index < -0.39 is 11.4 Å². The number of benzene rings is 1. The first-order chi connectivity index (χ1) is 10.1. The second-order valence-corrected chi connectivity index (χ2v) is 5.66. The quantitative estimate of drug-likeness (QED) is 0.809. The van der Waals surface area contributed by atoms with Crippen molar-refractivity contribution in [3.63, 3.8) is 0 Å². The summed E-state index contributed by atoms with van der Waals surface area (Å²) in [6, 6.07) is 9.50. The number of hydrogen-bond donors (Lipinski definition) is 2. The zero-order valence-electron chi connectivity index (χ0n) is 12.0. The van der Waals surface area contributed by atoms with Crippen LogP contribution in [0.3, 0.4) is 0 Å². The van der Waals surface area contributed by atoms with Crippen molar-refractivity contribution in [3.8, 4) is 0 Å². The minimum absolute atomic E-state index is 0.119. The van der Waals surface area contributed by atoms with Crippen molar-refractivity contribution in [1.82, 2.24) is 0 Å². The SMILES string of the molecule is NCC1(C(=O)O)CCC(C(=O)OCc2ccccc2)CC1. The van der Waals surface area contributed by atoms with E-state index in [1.807, 2.05) is 30.3 Å². The van der Waals surface area contributed by atoms with Gasteiger partial charge in [-0.15, -0.1) is 0 Å². The van der Waals surface area contributed by atoms with Crippen molar-refractivity contribution in [1.29, 1.82) is 0 Å². The molecule has 0 saturated heterocycles. The highest BCUT2D eigenvalue weighted by Gasteiger charge is 2.42. The molecule has 0 radical (unpaired) electrons.